The van der Waals surface area contributed by atoms with Crippen LogP contribution in [0.1, 0.15) is 20.8 Å². The molecular formula is C18H16N4O2. The second-order valence-corrected chi connectivity index (χ2v) is 5.14. The van der Waals surface area contributed by atoms with E-state index in [-0.39, 0.29) is 11.8 Å². The van der Waals surface area contributed by atoms with E-state index in [9.17, 15) is 9.59 Å². The van der Waals surface area contributed by atoms with Crippen LogP contribution in [0.3, 0.4) is 0 Å². The number of carbonyl (C=O) groups excluding carboxylic acids is 2. The molecule has 0 aliphatic carbocycles. The van der Waals surface area contributed by atoms with Crippen LogP contribution >= 0.6 is 0 Å². The predicted octanol–water partition coefficient (Wildman–Crippen LogP) is 2.69. The molecule has 0 aliphatic rings. The number of benzene rings is 2. The summed E-state index contributed by atoms with van der Waals surface area (Å²) in [7, 11) is 1.57. The molecule has 1 aromatic heterocycles. The van der Waals surface area contributed by atoms with Gasteiger partial charge in [-0.25, -0.2) is 0 Å². The van der Waals surface area contributed by atoms with E-state index in [1.807, 2.05) is 30.3 Å². The Labute approximate surface area is 138 Å². The summed E-state index contributed by atoms with van der Waals surface area (Å²) < 4.78 is 0. The molecule has 0 saturated carbocycles. The maximum Gasteiger partial charge on any atom is 0.273 e. The Hall–Kier alpha value is -3.41. The number of hydrogen-bond acceptors (Lipinski definition) is 3. The summed E-state index contributed by atoms with van der Waals surface area (Å²) in [5.41, 5.74) is 3.13. The van der Waals surface area contributed by atoms with Crippen molar-refractivity contribution in [3.05, 3.63) is 71.9 Å². The zero-order valence-electron chi connectivity index (χ0n) is 13.0. The Morgan fingerprint density at radius 3 is 2.33 bits per heavy atom. The highest BCUT2D eigenvalue weighted by Crippen LogP contribution is 2.18. The Bertz CT molecular complexity index is 854. The maximum atomic E-state index is 12.3. The number of carbonyl (C=O) groups is 2. The Morgan fingerprint density at radius 2 is 1.67 bits per heavy atom. The molecule has 0 atom stereocenters. The van der Waals surface area contributed by atoms with Crippen molar-refractivity contribution in [2.24, 2.45) is 0 Å². The van der Waals surface area contributed by atoms with Crippen molar-refractivity contribution in [2.45, 2.75) is 0 Å². The summed E-state index contributed by atoms with van der Waals surface area (Å²) >= 11 is 0. The summed E-state index contributed by atoms with van der Waals surface area (Å²) in [5.74, 6) is -0.466. The zero-order valence-corrected chi connectivity index (χ0v) is 13.0. The molecule has 0 unspecified atom stereocenters. The van der Waals surface area contributed by atoms with Crippen molar-refractivity contribution in [3.8, 4) is 11.3 Å². The number of rotatable bonds is 4. The van der Waals surface area contributed by atoms with Crippen LogP contribution in [-0.2, 0) is 0 Å². The highest BCUT2D eigenvalue weighted by Gasteiger charge is 2.11. The van der Waals surface area contributed by atoms with Gasteiger partial charge in [-0.1, -0.05) is 30.3 Å². The van der Waals surface area contributed by atoms with Crippen LogP contribution in [0.15, 0.2) is 60.7 Å². The Balaban J connectivity index is 1.71. The Morgan fingerprint density at radius 1 is 0.958 bits per heavy atom. The zero-order chi connectivity index (χ0) is 16.9. The van der Waals surface area contributed by atoms with Gasteiger partial charge in [-0.3, -0.25) is 14.7 Å². The van der Waals surface area contributed by atoms with E-state index in [4.69, 9.17) is 0 Å². The topological polar surface area (TPSA) is 86.9 Å². The first-order valence-corrected chi connectivity index (χ1v) is 7.41. The molecule has 6 heteroatoms. The number of H-pyrrole nitrogens is 1. The summed E-state index contributed by atoms with van der Waals surface area (Å²) in [4.78, 5) is 23.8. The van der Waals surface area contributed by atoms with Crippen LogP contribution in [-0.4, -0.2) is 29.1 Å². The van der Waals surface area contributed by atoms with Crippen LogP contribution in [0.25, 0.3) is 11.3 Å². The lowest BCUT2D eigenvalue weighted by molar-refractivity contribution is 0.0962. The van der Waals surface area contributed by atoms with Gasteiger partial charge in [0.05, 0.1) is 5.69 Å². The number of anilines is 1. The normalized spacial score (nSPS) is 10.2. The van der Waals surface area contributed by atoms with Crippen LogP contribution in [0, 0.1) is 0 Å². The van der Waals surface area contributed by atoms with Crippen molar-refractivity contribution in [1.29, 1.82) is 0 Å². The quantitative estimate of drug-likeness (QED) is 0.691. The minimum atomic E-state index is -0.294. The first kappa shape index (κ1) is 15.5. The van der Waals surface area contributed by atoms with Crippen molar-refractivity contribution in [1.82, 2.24) is 15.5 Å². The summed E-state index contributed by atoms with van der Waals surface area (Å²) in [6.45, 7) is 0. The molecule has 0 bridgehead atoms. The molecule has 0 saturated heterocycles. The lowest BCUT2D eigenvalue weighted by Crippen LogP contribution is -2.18. The Kier molecular flexibility index (Phi) is 4.38. The largest absolute Gasteiger partial charge is 0.355 e. The van der Waals surface area contributed by atoms with Crippen molar-refractivity contribution < 1.29 is 9.59 Å². The first-order valence-electron chi connectivity index (χ1n) is 7.41. The second-order valence-electron chi connectivity index (χ2n) is 5.14. The molecule has 24 heavy (non-hydrogen) atoms. The molecule has 0 fully saturated rings. The van der Waals surface area contributed by atoms with Crippen LogP contribution in [0.5, 0.6) is 0 Å². The van der Waals surface area contributed by atoms with Crippen LogP contribution in [0.2, 0.25) is 0 Å². The number of nitrogens with one attached hydrogen (secondary N) is 3. The van der Waals surface area contributed by atoms with Crippen molar-refractivity contribution in [3.63, 3.8) is 0 Å². The third-order valence-corrected chi connectivity index (χ3v) is 3.52. The second kappa shape index (κ2) is 6.78. The number of hydrogen-bond donors (Lipinski definition) is 3. The smallest absolute Gasteiger partial charge is 0.273 e. The van der Waals surface area contributed by atoms with Gasteiger partial charge >= 0.3 is 0 Å². The average molecular weight is 320 g/mol. The van der Waals surface area contributed by atoms with Gasteiger partial charge < -0.3 is 10.6 Å². The summed E-state index contributed by atoms with van der Waals surface area (Å²) in [6.07, 6.45) is 0. The number of nitrogens with zero attached hydrogens (tertiary/aromatic N) is 1. The van der Waals surface area contributed by atoms with Gasteiger partial charge in [-0.2, -0.15) is 5.10 Å². The average Bonchev–Trinajstić information content (AvgIpc) is 3.13. The lowest BCUT2D eigenvalue weighted by atomic mass is 10.1. The van der Waals surface area contributed by atoms with E-state index in [1.165, 1.54) is 0 Å². The molecular weight excluding hydrogens is 304 g/mol. The molecule has 0 radical (unpaired) electrons. The molecule has 3 aromatic rings. The molecule has 3 N–H and O–H groups in total. The molecule has 0 aliphatic heterocycles. The third-order valence-electron chi connectivity index (χ3n) is 3.52. The minimum Gasteiger partial charge on any atom is -0.355 e. The molecule has 120 valence electrons. The van der Waals surface area contributed by atoms with Gasteiger partial charge in [0.15, 0.2) is 0 Å². The highest BCUT2D eigenvalue weighted by atomic mass is 16.2. The van der Waals surface area contributed by atoms with Gasteiger partial charge in [-0.05, 0) is 30.3 Å². The fraction of sp³-hybridized carbons (Fsp3) is 0.0556. The molecule has 2 aromatic carbocycles. The van der Waals surface area contributed by atoms with Gasteiger partial charge in [0.2, 0.25) is 0 Å². The van der Waals surface area contributed by atoms with Gasteiger partial charge in [0, 0.05) is 23.9 Å². The molecule has 2 amide bonds. The standard InChI is InChI=1S/C18H16N4O2/c1-19-17(23)13-7-9-14(10-8-13)20-18(24)16-11-15(21-22-16)12-5-3-2-4-6-12/h2-11H,1H3,(H,19,23)(H,20,24)(H,21,22). The number of amides is 2. The fourth-order valence-corrected chi connectivity index (χ4v) is 2.24. The molecule has 1 heterocycles. The number of aromatic nitrogens is 2. The lowest BCUT2D eigenvalue weighted by Gasteiger charge is -2.04. The molecule has 0 spiro atoms. The van der Waals surface area contributed by atoms with E-state index in [1.54, 1.807) is 37.4 Å². The van der Waals surface area contributed by atoms with Gasteiger partial charge in [0.25, 0.3) is 11.8 Å². The monoisotopic (exact) mass is 320 g/mol. The van der Waals surface area contributed by atoms with E-state index in [0.29, 0.717) is 22.6 Å². The van der Waals surface area contributed by atoms with Gasteiger partial charge in [0.1, 0.15) is 5.69 Å². The molecule has 3 rings (SSSR count). The van der Waals surface area contributed by atoms with Crippen molar-refractivity contribution in [2.75, 3.05) is 12.4 Å². The molecule has 6 nitrogen and oxygen atoms in total. The maximum absolute atomic E-state index is 12.3. The highest BCUT2D eigenvalue weighted by molar-refractivity contribution is 6.03. The predicted molar refractivity (Wildman–Crippen MR) is 91.8 cm³/mol. The summed E-state index contributed by atoms with van der Waals surface area (Å²) in [5, 5.41) is 12.2. The van der Waals surface area contributed by atoms with E-state index in [2.05, 4.69) is 20.8 Å². The minimum absolute atomic E-state index is 0.172. The third kappa shape index (κ3) is 3.33. The van der Waals surface area contributed by atoms with Gasteiger partial charge in [-0.15, -0.1) is 0 Å². The SMILES string of the molecule is CNC(=O)c1ccc(NC(=O)c2cc(-c3ccccc3)n[nH]2)cc1. The summed E-state index contributed by atoms with van der Waals surface area (Å²) in [6, 6.07) is 18.0. The first-order chi connectivity index (χ1) is 11.7. The van der Waals surface area contributed by atoms with E-state index >= 15 is 0 Å². The van der Waals surface area contributed by atoms with Crippen LogP contribution < -0.4 is 10.6 Å². The van der Waals surface area contributed by atoms with E-state index in [0.717, 1.165) is 5.56 Å². The fourth-order valence-electron chi connectivity index (χ4n) is 2.24. The van der Waals surface area contributed by atoms with E-state index < -0.39 is 0 Å². The number of aromatic amines is 1. The van der Waals surface area contributed by atoms with Crippen LogP contribution in [0.4, 0.5) is 5.69 Å². The van der Waals surface area contributed by atoms with Crippen molar-refractivity contribution >= 4 is 17.5 Å².